The average molecular weight is 262 g/mol. The second-order valence-corrected chi connectivity index (χ2v) is 5.65. The topological polar surface area (TPSA) is 84.2 Å². The quantitative estimate of drug-likeness (QED) is 0.656. The van der Waals surface area contributed by atoms with Gasteiger partial charge < -0.3 is 19.9 Å². The molecule has 1 aromatic heterocycles. The molecule has 0 amide bonds. The summed E-state index contributed by atoms with van der Waals surface area (Å²) >= 11 is 0. The van der Waals surface area contributed by atoms with Crippen LogP contribution >= 0.6 is 0 Å². The number of hydrogen-bond acceptors (Lipinski definition) is 4. The second-order valence-electron chi connectivity index (χ2n) is 5.65. The van der Waals surface area contributed by atoms with Gasteiger partial charge in [-0.1, -0.05) is 11.5 Å². The van der Waals surface area contributed by atoms with E-state index in [2.05, 4.69) is 4.98 Å². The van der Waals surface area contributed by atoms with Crippen LogP contribution in [0.15, 0.2) is 22.6 Å². The summed E-state index contributed by atoms with van der Waals surface area (Å²) in [5, 5.41) is 8.05. The number of benzene rings is 1. The Labute approximate surface area is 113 Å². The number of anilines is 1. The van der Waals surface area contributed by atoms with E-state index in [0.29, 0.717) is 11.1 Å². The van der Waals surface area contributed by atoms with E-state index in [1.165, 1.54) is 0 Å². The van der Waals surface area contributed by atoms with Crippen LogP contribution in [-0.4, -0.2) is 28.8 Å². The molecular weight excluding hydrogens is 243 g/mol. The molecule has 0 aliphatic carbocycles. The summed E-state index contributed by atoms with van der Waals surface area (Å²) in [5.74, 6) is 0. The maximum absolute atomic E-state index is 8.05. The first-order valence-electron chi connectivity index (χ1n) is 6.11. The van der Waals surface area contributed by atoms with Crippen LogP contribution < -0.4 is 11.2 Å². The number of fused-ring (bicyclic) bond motifs is 1. The molecule has 5 nitrogen and oxygen atoms in total. The SMILES string of the molecule is CC(C)([OH2+])C(C)(C)O[B]c1ccc2oc(N)nc2c1. The lowest BCUT2D eigenvalue weighted by Gasteiger charge is -2.33. The van der Waals surface area contributed by atoms with Crippen molar-refractivity contribution in [2.24, 2.45) is 0 Å². The number of nitrogen functional groups attached to an aromatic ring is 1. The molecule has 0 saturated carbocycles. The van der Waals surface area contributed by atoms with Gasteiger partial charge in [0.2, 0.25) is 0 Å². The van der Waals surface area contributed by atoms with E-state index < -0.39 is 11.2 Å². The smallest absolute Gasteiger partial charge is 0.331 e. The molecule has 1 heterocycles. The lowest BCUT2D eigenvalue weighted by Crippen LogP contribution is -2.49. The van der Waals surface area contributed by atoms with Crippen molar-refractivity contribution < 1.29 is 14.2 Å². The molecule has 2 rings (SSSR count). The van der Waals surface area contributed by atoms with Crippen molar-refractivity contribution in [1.82, 2.24) is 4.98 Å². The first-order chi connectivity index (χ1) is 8.69. The van der Waals surface area contributed by atoms with Gasteiger partial charge in [0.1, 0.15) is 11.1 Å². The second kappa shape index (κ2) is 4.54. The van der Waals surface area contributed by atoms with Gasteiger partial charge >= 0.3 is 7.48 Å². The van der Waals surface area contributed by atoms with E-state index in [0.717, 1.165) is 5.46 Å². The van der Waals surface area contributed by atoms with Gasteiger partial charge in [0.25, 0.3) is 6.01 Å². The molecule has 2 aromatic rings. The van der Waals surface area contributed by atoms with Crippen molar-refractivity contribution in [1.29, 1.82) is 0 Å². The highest BCUT2D eigenvalue weighted by molar-refractivity contribution is 6.47. The summed E-state index contributed by atoms with van der Waals surface area (Å²) in [6, 6.07) is 5.65. The molecule has 0 unspecified atom stereocenters. The molecule has 0 fully saturated rings. The minimum absolute atomic E-state index is 0.153. The standard InChI is InChI=1S/C13H18BN2O3/c1-12(2,17)13(3,4)19-14-8-5-6-10-9(7-8)16-11(15)18-10/h5-7,17H,1-4H3,(H2,15,16)/p+1. The van der Waals surface area contributed by atoms with Gasteiger partial charge in [-0.3, -0.25) is 0 Å². The molecule has 0 saturated heterocycles. The third-order valence-electron chi connectivity index (χ3n) is 3.42. The monoisotopic (exact) mass is 262 g/mol. The lowest BCUT2D eigenvalue weighted by molar-refractivity contribution is -0.0893. The Balaban J connectivity index is 2.14. The predicted octanol–water partition coefficient (Wildman–Crippen LogP) is 0.953. The fourth-order valence-corrected chi connectivity index (χ4v) is 1.40. The van der Waals surface area contributed by atoms with Gasteiger partial charge in [-0.2, -0.15) is 4.98 Å². The Morgan fingerprint density at radius 2 is 2.00 bits per heavy atom. The highest BCUT2D eigenvalue weighted by atomic mass is 16.5. The van der Waals surface area contributed by atoms with Crippen molar-refractivity contribution in [3.05, 3.63) is 18.2 Å². The van der Waals surface area contributed by atoms with Crippen LogP contribution in [0.3, 0.4) is 0 Å². The molecule has 0 aliphatic rings. The molecular formula is C13H19BN2O3+. The number of nitrogens with zero attached hydrogens (tertiary/aromatic N) is 1. The summed E-state index contributed by atoms with van der Waals surface area (Å²) in [7, 11) is 1.64. The molecule has 0 aliphatic heterocycles. The summed E-state index contributed by atoms with van der Waals surface area (Å²) < 4.78 is 10.9. The highest BCUT2D eigenvalue weighted by Crippen LogP contribution is 2.24. The Hall–Kier alpha value is -1.53. The van der Waals surface area contributed by atoms with Crippen molar-refractivity contribution in [2.75, 3.05) is 5.73 Å². The Kier molecular flexibility index (Phi) is 3.32. The number of rotatable bonds is 4. The third kappa shape index (κ3) is 2.90. The van der Waals surface area contributed by atoms with Crippen molar-refractivity contribution in [3.8, 4) is 0 Å². The van der Waals surface area contributed by atoms with Gasteiger partial charge in [-0.15, -0.1) is 0 Å². The van der Waals surface area contributed by atoms with Crippen LogP contribution in [0.1, 0.15) is 27.7 Å². The molecule has 101 valence electrons. The molecule has 0 bridgehead atoms. The summed E-state index contributed by atoms with van der Waals surface area (Å²) in [6.45, 7) is 7.43. The van der Waals surface area contributed by atoms with Gasteiger partial charge in [-0.05, 0) is 26.0 Å². The molecule has 4 N–H and O–H groups in total. The normalized spacial score (nSPS) is 12.9. The van der Waals surface area contributed by atoms with Crippen LogP contribution in [0.2, 0.25) is 0 Å². The molecule has 0 spiro atoms. The number of oxazole rings is 1. The van der Waals surface area contributed by atoms with Crippen LogP contribution in [0.4, 0.5) is 6.01 Å². The van der Waals surface area contributed by atoms with Crippen LogP contribution in [0.5, 0.6) is 0 Å². The average Bonchev–Trinajstić information content (AvgIpc) is 2.64. The Morgan fingerprint density at radius 1 is 1.32 bits per heavy atom. The van der Waals surface area contributed by atoms with Gasteiger partial charge in [0, 0.05) is 13.8 Å². The number of nitrogens with two attached hydrogens (primary N) is 1. The summed E-state index contributed by atoms with van der Waals surface area (Å²) in [4.78, 5) is 4.07. The first-order valence-corrected chi connectivity index (χ1v) is 6.11. The van der Waals surface area contributed by atoms with Gasteiger partial charge in [-0.25, -0.2) is 0 Å². The van der Waals surface area contributed by atoms with E-state index in [4.69, 9.17) is 19.9 Å². The molecule has 19 heavy (non-hydrogen) atoms. The fraction of sp³-hybridized carbons (Fsp3) is 0.462. The molecule has 0 atom stereocenters. The zero-order valence-electron chi connectivity index (χ0n) is 11.7. The Bertz CT molecular complexity index is 587. The molecule has 1 radical (unpaired) electrons. The van der Waals surface area contributed by atoms with Crippen molar-refractivity contribution in [2.45, 2.75) is 38.9 Å². The molecule has 6 heteroatoms. The fourth-order valence-electron chi connectivity index (χ4n) is 1.40. The maximum atomic E-state index is 8.05. The number of hydrogen-bond donors (Lipinski definition) is 1. The van der Waals surface area contributed by atoms with Gasteiger partial charge in [0.15, 0.2) is 11.2 Å². The highest BCUT2D eigenvalue weighted by Gasteiger charge is 2.40. The van der Waals surface area contributed by atoms with Crippen molar-refractivity contribution >= 4 is 30.1 Å². The predicted molar refractivity (Wildman–Crippen MR) is 76.7 cm³/mol. The summed E-state index contributed by atoms with van der Waals surface area (Å²) in [6.07, 6.45) is 0. The van der Waals surface area contributed by atoms with E-state index in [9.17, 15) is 0 Å². The largest absolute Gasteiger partial charge is 0.439 e. The third-order valence-corrected chi connectivity index (χ3v) is 3.42. The maximum Gasteiger partial charge on any atom is 0.331 e. The van der Waals surface area contributed by atoms with E-state index >= 15 is 0 Å². The zero-order valence-corrected chi connectivity index (χ0v) is 11.7. The van der Waals surface area contributed by atoms with Crippen LogP contribution in [-0.2, 0) is 4.65 Å². The molecule has 1 aromatic carbocycles. The lowest BCUT2D eigenvalue weighted by atomic mass is 9.82. The van der Waals surface area contributed by atoms with Crippen LogP contribution in [0, 0.1) is 0 Å². The van der Waals surface area contributed by atoms with Gasteiger partial charge in [0.05, 0.1) is 0 Å². The minimum atomic E-state index is -0.702. The zero-order chi connectivity index (χ0) is 14.3. The first kappa shape index (κ1) is 13.9. The van der Waals surface area contributed by atoms with E-state index in [-0.39, 0.29) is 6.01 Å². The van der Waals surface area contributed by atoms with Crippen molar-refractivity contribution in [3.63, 3.8) is 0 Å². The number of aromatic nitrogens is 1. The van der Waals surface area contributed by atoms with E-state index in [1.807, 2.05) is 39.8 Å². The Morgan fingerprint density at radius 3 is 2.63 bits per heavy atom. The minimum Gasteiger partial charge on any atom is -0.439 e. The van der Waals surface area contributed by atoms with E-state index in [1.54, 1.807) is 13.5 Å². The summed E-state index contributed by atoms with van der Waals surface area (Å²) in [5.41, 5.74) is 6.40. The van der Waals surface area contributed by atoms with Crippen LogP contribution in [0.25, 0.3) is 11.1 Å².